The maximum absolute atomic E-state index is 11.4. The molecule has 0 radical (unpaired) electrons. The van der Waals surface area contributed by atoms with Gasteiger partial charge in [-0.25, -0.2) is 10.6 Å². The van der Waals surface area contributed by atoms with Gasteiger partial charge in [0.1, 0.15) is 11.1 Å². The van der Waals surface area contributed by atoms with Crippen molar-refractivity contribution >= 4 is 16.9 Å². The predicted molar refractivity (Wildman–Crippen MR) is 58.9 cm³/mol. The van der Waals surface area contributed by atoms with Gasteiger partial charge in [-0.2, -0.15) is 0 Å². The molecule has 0 aliphatic carbocycles. The van der Waals surface area contributed by atoms with Crippen LogP contribution in [-0.2, 0) is 0 Å². The molecule has 0 bridgehead atoms. The van der Waals surface area contributed by atoms with Crippen LogP contribution < -0.4 is 16.9 Å². The van der Waals surface area contributed by atoms with Crippen LogP contribution in [0.15, 0.2) is 33.5 Å². The van der Waals surface area contributed by atoms with Crippen molar-refractivity contribution < 1.29 is 9.21 Å². The van der Waals surface area contributed by atoms with Gasteiger partial charge >= 0.3 is 5.63 Å². The Bertz CT molecular complexity index is 616. The third-order valence-electron chi connectivity index (χ3n) is 2.26. The molecule has 3 N–H and O–H groups in total. The molecule has 5 heteroatoms. The number of carbonyl (C=O) groups excluding carboxylic acids is 1. The Kier molecular flexibility index (Phi) is 2.46. The van der Waals surface area contributed by atoms with Gasteiger partial charge in [0.05, 0.1) is 0 Å². The van der Waals surface area contributed by atoms with E-state index in [1.165, 1.54) is 6.07 Å². The van der Waals surface area contributed by atoms with Gasteiger partial charge in [0.2, 0.25) is 0 Å². The van der Waals surface area contributed by atoms with Crippen LogP contribution in [0.1, 0.15) is 15.9 Å². The zero-order chi connectivity index (χ0) is 11.7. The van der Waals surface area contributed by atoms with Gasteiger partial charge in [-0.05, 0) is 25.1 Å². The van der Waals surface area contributed by atoms with Crippen LogP contribution in [0.2, 0.25) is 0 Å². The third kappa shape index (κ3) is 1.68. The quantitative estimate of drug-likeness (QED) is 0.319. The zero-order valence-corrected chi connectivity index (χ0v) is 8.61. The lowest BCUT2D eigenvalue weighted by molar-refractivity contribution is 0.0950. The lowest BCUT2D eigenvalue weighted by Gasteiger charge is -2.01. The van der Waals surface area contributed by atoms with E-state index >= 15 is 0 Å². The van der Waals surface area contributed by atoms with Gasteiger partial charge in [0.15, 0.2) is 0 Å². The van der Waals surface area contributed by atoms with E-state index in [0.29, 0.717) is 11.0 Å². The number of benzene rings is 1. The molecule has 82 valence electrons. The van der Waals surface area contributed by atoms with Crippen LogP contribution in [-0.4, -0.2) is 5.91 Å². The van der Waals surface area contributed by atoms with Gasteiger partial charge in [-0.15, -0.1) is 0 Å². The summed E-state index contributed by atoms with van der Waals surface area (Å²) in [5.74, 6) is 4.31. The molecule has 0 aliphatic heterocycles. The standard InChI is InChI=1S/C11H10N2O3/c1-6-2-3-9-7(4-6)5-8(10(14)13-12)11(15)16-9/h2-5H,12H2,1H3,(H,13,14). The first-order valence-corrected chi connectivity index (χ1v) is 4.67. The van der Waals surface area contributed by atoms with E-state index in [4.69, 9.17) is 10.3 Å². The average Bonchev–Trinajstić information content (AvgIpc) is 2.28. The largest absolute Gasteiger partial charge is 0.422 e. The number of hydrogen-bond acceptors (Lipinski definition) is 4. The Morgan fingerprint density at radius 1 is 1.38 bits per heavy atom. The molecule has 0 saturated carbocycles. The second-order valence-corrected chi connectivity index (χ2v) is 3.46. The topological polar surface area (TPSA) is 85.3 Å². The smallest absolute Gasteiger partial charge is 0.349 e. The molecule has 0 unspecified atom stereocenters. The van der Waals surface area contributed by atoms with E-state index in [2.05, 4.69) is 0 Å². The van der Waals surface area contributed by atoms with Crippen molar-refractivity contribution in [2.24, 2.45) is 5.84 Å². The van der Waals surface area contributed by atoms with Crippen molar-refractivity contribution in [1.29, 1.82) is 0 Å². The highest BCUT2D eigenvalue weighted by atomic mass is 16.4. The summed E-state index contributed by atoms with van der Waals surface area (Å²) in [6.45, 7) is 1.91. The minimum absolute atomic E-state index is 0.0967. The monoisotopic (exact) mass is 218 g/mol. The second kappa shape index (κ2) is 3.79. The fourth-order valence-corrected chi connectivity index (χ4v) is 1.48. The number of fused-ring (bicyclic) bond motifs is 1. The molecule has 0 atom stereocenters. The maximum atomic E-state index is 11.4. The van der Waals surface area contributed by atoms with E-state index in [1.54, 1.807) is 6.07 Å². The SMILES string of the molecule is Cc1ccc2oc(=O)c(C(=O)NN)cc2c1. The van der Waals surface area contributed by atoms with Gasteiger partial charge < -0.3 is 4.42 Å². The summed E-state index contributed by atoms with van der Waals surface area (Å²) in [6, 6.07) is 6.81. The molecule has 0 aliphatic rings. The number of nitrogens with one attached hydrogen (secondary N) is 1. The summed E-state index contributed by atoms with van der Waals surface area (Å²) >= 11 is 0. The summed E-state index contributed by atoms with van der Waals surface area (Å²) in [4.78, 5) is 22.7. The minimum atomic E-state index is -0.695. The number of carbonyl (C=O) groups is 1. The van der Waals surface area contributed by atoms with Gasteiger partial charge in [0.25, 0.3) is 5.91 Å². The van der Waals surface area contributed by atoms with Crippen molar-refractivity contribution in [2.75, 3.05) is 0 Å². The number of nitrogen functional groups attached to an aromatic ring is 1. The molecule has 1 amide bonds. The van der Waals surface area contributed by atoms with Crippen LogP contribution in [0.4, 0.5) is 0 Å². The van der Waals surface area contributed by atoms with Crippen molar-refractivity contribution in [3.8, 4) is 0 Å². The van der Waals surface area contributed by atoms with E-state index in [-0.39, 0.29) is 5.56 Å². The van der Waals surface area contributed by atoms with E-state index in [9.17, 15) is 9.59 Å². The van der Waals surface area contributed by atoms with E-state index in [0.717, 1.165) is 5.56 Å². The average molecular weight is 218 g/mol. The van der Waals surface area contributed by atoms with Crippen LogP contribution in [0.25, 0.3) is 11.0 Å². The molecule has 2 rings (SSSR count). The zero-order valence-electron chi connectivity index (χ0n) is 8.61. The Labute approximate surface area is 90.8 Å². The number of nitrogens with two attached hydrogens (primary N) is 1. The first-order chi connectivity index (χ1) is 7.61. The fraction of sp³-hybridized carbons (Fsp3) is 0.0909. The van der Waals surface area contributed by atoms with Crippen LogP contribution in [0, 0.1) is 6.92 Å². The van der Waals surface area contributed by atoms with E-state index < -0.39 is 11.5 Å². The molecule has 0 spiro atoms. The summed E-state index contributed by atoms with van der Waals surface area (Å²) in [6.07, 6.45) is 0. The van der Waals surface area contributed by atoms with Crippen LogP contribution in [0.5, 0.6) is 0 Å². The summed E-state index contributed by atoms with van der Waals surface area (Å²) in [7, 11) is 0. The number of hydrogen-bond donors (Lipinski definition) is 2. The Balaban J connectivity index is 2.74. The summed E-state index contributed by atoms with van der Waals surface area (Å²) < 4.78 is 5.00. The van der Waals surface area contributed by atoms with Crippen molar-refractivity contribution in [3.63, 3.8) is 0 Å². The van der Waals surface area contributed by atoms with Crippen molar-refractivity contribution in [3.05, 3.63) is 45.8 Å². The predicted octanol–water partition coefficient (Wildman–Crippen LogP) is 0.705. The van der Waals surface area contributed by atoms with Gasteiger partial charge in [-0.3, -0.25) is 10.2 Å². The molecule has 5 nitrogen and oxygen atoms in total. The van der Waals surface area contributed by atoms with Gasteiger partial charge in [-0.1, -0.05) is 11.6 Å². The normalized spacial score (nSPS) is 10.4. The molecule has 16 heavy (non-hydrogen) atoms. The molecule has 1 aromatic heterocycles. The third-order valence-corrected chi connectivity index (χ3v) is 2.26. The first kappa shape index (κ1) is 10.4. The second-order valence-electron chi connectivity index (χ2n) is 3.46. The van der Waals surface area contributed by atoms with Crippen molar-refractivity contribution in [2.45, 2.75) is 6.92 Å². The van der Waals surface area contributed by atoms with Gasteiger partial charge in [0, 0.05) is 5.39 Å². The molecule has 1 heterocycles. The maximum Gasteiger partial charge on any atom is 0.349 e. The fourth-order valence-electron chi connectivity index (χ4n) is 1.48. The molecular formula is C11H10N2O3. The number of aryl methyl sites for hydroxylation is 1. The summed E-state index contributed by atoms with van der Waals surface area (Å²) in [5.41, 5.74) is 2.57. The number of hydrazine groups is 1. The highest BCUT2D eigenvalue weighted by Crippen LogP contribution is 2.15. The molecule has 0 saturated heterocycles. The van der Waals surface area contributed by atoms with Crippen LogP contribution >= 0.6 is 0 Å². The number of rotatable bonds is 1. The highest BCUT2D eigenvalue weighted by molar-refractivity contribution is 5.96. The molecule has 2 aromatic rings. The molecule has 1 aromatic carbocycles. The first-order valence-electron chi connectivity index (χ1n) is 4.67. The highest BCUT2D eigenvalue weighted by Gasteiger charge is 2.12. The Morgan fingerprint density at radius 2 is 2.12 bits per heavy atom. The van der Waals surface area contributed by atoms with Crippen molar-refractivity contribution in [1.82, 2.24) is 5.43 Å². The summed E-state index contributed by atoms with van der Waals surface area (Å²) in [5, 5.41) is 0.693. The lowest BCUT2D eigenvalue weighted by atomic mass is 10.1. The van der Waals surface area contributed by atoms with E-state index in [1.807, 2.05) is 24.5 Å². The Hall–Kier alpha value is -2.14. The lowest BCUT2D eigenvalue weighted by Crippen LogP contribution is -2.33. The number of amides is 1. The Morgan fingerprint density at radius 3 is 2.81 bits per heavy atom. The van der Waals surface area contributed by atoms with Crippen LogP contribution in [0.3, 0.4) is 0 Å². The molecule has 0 fully saturated rings. The minimum Gasteiger partial charge on any atom is -0.422 e. The molecular weight excluding hydrogens is 208 g/mol.